The summed E-state index contributed by atoms with van der Waals surface area (Å²) in [5.74, 6) is 1.81. The van der Waals surface area contributed by atoms with Gasteiger partial charge in [0.05, 0.1) is 5.69 Å². The van der Waals surface area contributed by atoms with E-state index in [0.29, 0.717) is 19.8 Å². The van der Waals surface area contributed by atoms with Gasteiger partial charge in [0.15, 0.2) is 0 Å². The van der Waals surface area contributed by atoms with Crippen molar-refractivity contribution in [2.24, 2.45) is 0 Å². The monoisotopic (exact) mass is 431 g/mol. The fourth-order valence-electron chi connectivity index (χ4n) is 3.53. The van der Waals surface area contributed by atoms with Gasteiger partial charge in [0.2, 0.25) is 0 Å². The number of ether oxygens (including phenoxy) is 2. The topological polar surface area (TPSA) is 30.5 Å². The van der Waals surface area contributed by atoms with Crippen molar-refractivity contribution in [3.63, 3.8) is 0 Å². The van der Waals surface area contributed by atoms with Crippen LogP contribution in [0.5, 0.6) is 11.5 Å². The lowest BCUT2D eigenvalue weighted by Gasteiger charge is -2.27. The van der Waals surface area contributed by atoms with Gasteiger partial charge in [0.25, 0.3) is 0 Å². The van der Waals surface area contributed by atoms with Crippen LogP contribution in [0.3, 0.4) is 0 Å². The fraction of sp³-hybridized carbons (Fsp3) is 0.379. The second-order valence-electron chi connectivity index (χ2n) is 10.3. The summed E-state index contributed by atoms with van der Waals surface area (Å²) in [5.41, 5.74) is 4.84. The van der Waals surface area contributed by atoms with Crippen LogP contribution in [0.4, 0.5) is 5.69 Å². The lowest BCUT2D eigenvalue weighted by Crippen LogP contribution is -2.19. The SMILES string of the molecule is CC(C)(C)c1ccc(OCCNc2ccccc2OCc2ccccc2)c(C(C)(C)C)c1. The minimum atomic E-state index is 0.0158. The van der Waals surface area contributed by atoms with Gasteiger partial charge in [0.1, 0.15) is 24.7 Å². The van der Waals surface area contributed by atoms with E-state index in [0.717, 1.165) is 22.7 Å². The molecule has 0 amide bonds. The molecule has 0 heterocycles. The summed E-state index contributed by atoms with van der Waals surface area (Å²) in [4.78, 5) is 0. The number of hydrogen-bond acceptors (Lipinski definition) is 3. The van der Waals surface area contributed by atoms with Gasteiger partial charge in [-0.15, -0.1) is 0 Å². The number of para-hydroxylation sites is 2. The predicted molar refractivity (Wildman–Crippen MR) is 135 cm³/mol. The van der Waals surface area contributed by atoms with Gasteiger partial charge in [-0.3, -0.25) is 0 Å². The van der Waals surface area contributed by atoms with Crippen LogP contribution in [0.2, 0.25) is 0 Å². The molecule has 3 aromatic rings. The third kappa shape index (κ3) is 6.53. The second kappa shape index (κ2) is 10.1. The van der Waals surface area contributed by atoms with Crippen LogP contribution in [0.1, 0.15) is 58.2 Å². The molecule has 0 aromatic heterocycles. The van der Waals surface area contributed by atoms with Crippen LogP contribution in [-0.4, -0.2) is 13.2 Å². The fourth-order valence-corrected chi connectivity index (χ4v) is 3.53. The van der Waals surface area contributed by atoms with Crippen LogP contribution >= 0.6 is 0 Å². The highest BCUT2D eigenvalue weighted by Gasteiger charge is 2.23. The molecule has 0 bridgehead atoms. The van der Waals surface area contributed by atoms with E-state index in [1.54, 1.807) is 0 Å². The Morgan fingerprint density at radius 2 is 1.38 bits per heavy atom. The van der Waals surface area contributed by atoms with Crippen molar-refractivity contribution in [3.8, 4) is 11.5 Å². The molecule has 0 saturated heterocycles. The van der Waals surface area contributed by atoms with Crippen molar-refractivity contribution < 1.29 is 9.47 Å². The van der Waals surface area contributed by atoms with Crippen molar-refractivity contribution >= 4 is 5.69 Å². The maximum absolute atomic E-state index is 6.22. The number of hydrogen-bond donors (Lipinski definition) is 1. The number of benzene rings is 3. The Labute approximate surface area is 193 Å². The third-order valence-electron chi connectivity index (χ3n) is 5.45. The summed E-state index contributed by atoms with van der Waals surface area (Å²) in [7, 11) is 0. The molecular formula is C29H37NO2. The molecule has 3 nitrogen and oxygen atoms in total. The minimum Gasteiger partial charge on any atom is -0.491 e. The van der Waals surface area contributed by atoms with Crippen molar-refractivity contribution in [2.75, 3.05) is 18.5 Å². The molecule has 0 atom stereocenters. The standard InChI is InChI=1S/C29H37NO2/c1-28(2,3)23-16-17-26(24(20-23)29(4,5)6)31-19-18-30-25-14-10-11-15-27(25)32-21-22-12-8-7-9-13-22/h7-17,20,30H,18-19,21H2,1-6H3. The first-order valence-corrected chi connectivity index (χ1v) is 11.4. The maximum Gasteiger partial charge on any atom is 0.142 e. The molecule has 3 heteroatoms. The molecule has 0 unspecified atom stereocenters. The summed E-state index contributed by atoms with van der Waals surface area (Å²) in [6, 6.07) is 24.9. The maximum atomic E-state index is 6.22. The third-order valence-corrected chi connectivity index (χ3v) is 5.45. The van der Waals surface area contributed by atoms with Gasteiger partial charge in [-0.2, -0.15) is 0 Å². The molecule has 0 radical (unpaired) electrons. The molecule has 3 rings (SSSR count). The zero-order valence-corrected chi connectivity index (χ0v) is 20.4. The van der Waals surface area contributed by atoms with E-state index in [2.05, 4.69) is 77.2 Å². The zero-order valence-electron chi connectivity index (χ0n) is 20.4. The summed E-state index contributed by atoms with van der Waals surface area (Å²) in [6.07, 6.45) is 0. The molecule has 0 aliphatic carbocycles. The molecular weight excluding hydrogens is 394 g/mol. The lowest BCUT2D eigenvalue weighted by molar-refractivity contribution is 0.306. The van der Waals surface area contributed by atoms with Gasteiger partial charge in [-0.05, 0) is 45.7 Å². The molecule has 0 aliphatic heterocycles. The predicted octanol–water partition coefficient (Wildman–Crippen LogP) is 7.35. The van der Waals surface area contributed by atoms with E-state index in [9.17, 15) is 0 Å². The Morgan fingerprint density at radius 1 is 0.688 bits per heavy atom. The zero-order chi connectivity index (χ0) is 23.2. The molecule has 32 heavy (non-hydrogen) atoms. The first kappa shape index (κ1) is 23.7. The summed E-state index contributed by atoms with van der Waals surface area (Å²) >= 11 is 0. The quantitative estimate of drug-likeness (QED) is 0.378. The Hall–Kier alpha value is -2.94. The van der Waals surface area contributed by atoms with Gasteiger partial charge in [0, 0.05) is 6.54 Å². The molecule has 170 valence electrons. The van der Waals surface area contributed by atoms with Crippen LogP contribution in [0.15, 0.2) is 72.8 Å². The normalized spacial score (nSPS) is 11.8. The first-order chi connectivity index (χ1) is 15.1. The highest BCUT2D eigenvalue weighted by Crippen LogP contribution is 2.35. The highest BCUT2D eigenvalue weighted by atomic mass is 16.5. The van der Waals surface area contributed by atoms with E-state index >= 15 is 0 Å². The largest absolute Gasteiger partial charge is 0.491 e. The summed E-state index contributed by atoms with van der Waals surface area (Å²) < 4.78 is 12.3. The van der Waals surface area contributed by atoms with Crippen LogP contribution in [0.25, 0.3) is 0 Å². The minimum absolute atomic E-state index is 0.0158. The van der Waals surface area contributed by atoms with E-state index in [1.807, 2.05) is 42.5 Å². The van der Waals surface area contributed by atoms with E-state index < -0.39 is 0 Å². The highest BCUT2D eigenvalue weighted by molar-refractivity contribution is 5.56. The van der Waals surface area contributed by atoms with Gasteiger partial charge < -0.3 is 14.8 Å². The molecule has 0 fully saturated rings. The Kier molecular flexibility index (Phi) is 7.50. The number of rotatable bonds is 8. The van der Waals surface area contributed by atoms with Gasteiger partial charge >= 0.3 is 0 Å². The smallest absolute Gasteiger partial charge is 0.142 e. The second-order valence-corrected chi connectivity index (χ2v) is 10.3. The van der Waals surface area contributed by atoms with Crippen molar-refractivity contribution in [3.05, 3.63) is 89.5 Å². The van der Waals surface area contributed by atoms with E-state index in [-0.39, 0.29) is 10.8 Å². The molecule has 0 saturated carbocycles. The Morgan fingerprint density at radius 3 is 2.06 bits per heavy atom. The summed E-state index contributed by atoms with van der Waals surface area (Å²) in [6.45, 7) is 15.3. The Balaban J connectivity index is 1.61. The Bertz CT molecular complexity index is 998. The average molecular weight is 432 g/mol. The van der Waals surface area contributed by atoms with Crippen LogP contribution < -0.4 is 14.8 Å². The average Bonchev–Trinajstić information content (AvgIpc) is 2.75. The van der Waals surface area contributed by atoms with Crippen molar-refractivity contribution in [1.29, 1.82) is 0 Å². The van der Waals surface area contributed by atoms with E-state index in [4.69, 9.17) is 9.47 Å². The van der Waals surface area contributed by atoms with Gasteiger partial charge in [-0.1, -0.05) is 96.1 Å². The molecule has 1 N–H and O–H groups in total. The lowest BCUT2D eigenvalue weighted by atomic mass is 9.80. The van der Waals surface area contributed by atoms with Gasteiger partial charge in [-0.25, -0.2) is 0 Å². The van der Waals surface area contributed by atoms with Crippen LogP contribution in [-0.2, 0) is 17.4 Å². The first-order valence-electron chi connectivity index (χ1n) is 11.4. The molecule has 0 aliphatic rings. The summed E-state index contributed by atoms with van der Waals surface area (Å²) in [5, 5.41) is 3.46. The van der Waals surface area contributed by atoms with Crippen molar-refractivity contribution in [2.45, 2.75) is 59.0 Å². The number of nitrogens with one attached hydrogen (secondary N) is 1. The molecule has 3 aromatic carbocycles. The molecule has 0 spiro atoms. The van der Waals surface area contributed by atoms with Crippen molar-refractivity contribution in [1.82, 2.24) is 0 Å². The van der Waals surface area contributed by atoms with Crippen LogP contribution in [0, 0.1) is 0 Å². The number of anilines is 1. The van der Waals surface area contributed by atoms with E-state index in [1.165, 1.54) is 11.1 Å².